The van der Waals surface area contributed by atoms with Gasteiger partial charge in [0.15, 0.2) is 0 Å². The van der Waals surface area contributed by atoms with Crippen molar-refractivity contribution in [2.75, 3.05) is 11.9 Å². The molecule has 1 aromatic rings. The topological polar surface area (TPSA) is 64.1 Å². The van der Waals surface area contributed by atoms with Crippen LogP contribution in [0.1, 0.15) is 44.5 Å². The second kappa shape index (κ2) is 5.61. The molecule has 17 heavy (non-hydrogen) atoms. The Hall–Kier alpha value is -1.65. The van der Waals surface area contributed by atoms with E-state index in [1.165, 1.54) is 12.4 Å². The number of anilines is 1. The lowest BCUT2D eigenvalue weighted by Gasteiger charge is -2.19. The van der Waals surface area contributed by atoms with Crippen molar-refractivity contribution in [3.8, 4) is 0 Å². The minimum absolute atomic E-state index is 0.363. The zero-order chi connectivity index (χ0) is 12.9. The molecule has 0 radical (unpaired) electrons. The first-order chi connectivity index (χ1) is 7.92. The Morgan fingerprint density at radius 1 is 1.35 bits per heavy atom. The number of carbonyl (C=O) groups excluding carboxylic acids is 1. The van der Waals surface area contributed by atoms with Crippen LogP contribution in [0.4, 0.5) is 5.95 Å². The van der Waals surface area contributed by atoms with Crippen molar-refractivity contribution in [3.63, 3.8) is 0 Å². The van der Waals surface area contributed by atoms with Crippen LogP contribution in [0.2, 0.25) is 0 Å². The summed E-state index contributed by atoms with van der Waals surface area (Å²) in [5.41, 5.74) is -0.141. The molecule has 0 amide bonds. The van der Waals surface area contributed by atoms with Crippen molar-refractivity contribution in [2.24, 2.45) is 0 Å². The highest BCUT2D eigenvalue weighted by Gasteiger charge is 2.18. The van der Waals surface area contributed by atoms with Gasteiger partial charge in [0, 0.05) is 18.9 Å². The van der Waals surface area contributed by atoms with Gasteiger partial charge in [-0.3, -0.25) is 0 Å². The molecule has 1 rings (SSSR count). The minimum atomic E-state index is -0.504. The number of nitrogens with one attached hydrogen (secondary N) is 1. The van der Waals surface area contributed by atoms with E-state index in [0.717, 1.165) is 13.0 Å². The predicted molar refractivity (Wildman–Crippen MR) is 66.0 cm³/mol. The molecule has 0 aliphatic rings. The van der Waals surface area contributed by atoms with Gasteiger partial charge in [0.25, 0.3) is 0 Å². The summed E-state index contributed by atoms with van der Waals surface area (Å²) in [6, 6.07) is 0. The van der Waals surface area contributed by atoms with E-state index in [4.69, 9.17) is 4.74 Å². The maximum Gasteiger partial charge on any atom is 0.341 e. The summed E-state index contributed by atoms with van der Waals surface area (Å²) in [5, 5.41) is 3.03. The zero-order valence-corrected chi connectivity index (χ0v) is 10.8. The monoisotopic (exact) mass is 237 g/mol. The van der Waals surface area contributed by atoms with Crippen LogP contribution in [-0.4, -0.2) is 28.1 Å². The molecule has 0 atom stereocenters. The van der Waals surface area contributed by atoms with Crippen molar-refractivity contribution < 1.29 is 9.53 Å². The van der Waals surface area contributed by atoms with Crippen molar-refractivity contribution in [1.82, 2.24) is 9.97 Å². The lowest BCUT2D eigenvalue weighted by Crippen LogP contribution is -2.24. The fourth-order valence-corrected chi connectivity index (χ4v) is 1.10. The van der Waals surface area contributed by atoms with E-state index >= 15 is 0 Å². The second-order valence-electron chi connectivity index (χ2n) is 4.72. The highest BCUT2D eigenvalue weighted by molar-refractivity contribution is 5.89. The normalized spacial score (nSPS) is 11.1. The first-order valence-electron chi connectivity index (χ1n) is 5.71. The summed E-state index contributed by atoms with van der Waals surface area (Å²) < 4.78 is 5.21. The number of ether oxygens (including phenoxy) is 1. The Morgan fingerprint density at radius 3 is 2.41 bits per heavy atom. The number of carbonyl (C=O) groups is 1. The Labute approximate surface area is 102 Å². The summed E-state index contributed by atoms with van der Waals surface area (Å²) in [6.07, 6.45) is 3.94. The summed E-state index contributed by atoms with van der Waals surface area (Å²) >= 11 is 0. The maximum atomic E-state index is 11.7. The van der Waals surface area contributed by atoms with Crippen molar-refractivity contribution in [3.05, 3.63) is 18.0 Å². The average molecular weight is 237 g/mol. The van der Waals surface area contributed by atoms with Gasteiger partial charge in [-0.15, -0.1) is 0 Å². The van der Waals surface area contributed by atoms with Gasteiger partial charge in [0.1, 0.15) is 5.60 Å². The minimum Gasteiger partial charge on any atom is -0.456 e. The van der Waals surface area contributed by atoms with E-state index < -0.39 is 11.6 Å². The van der Waals surface area contributed by atoms with Crippen LogP contribution in [0, 0.1) is 0 Å². The van der Waals surface area contributed by atoms with Gasteiger partial charge in [-0.25, -0.2) is 14.8 Å². The number of hydrogen-bond donors (Lipinski definition) is 1. The highest BCUT2D eigenvalue weighted by atomic mass is 16.6. The number of nitrogens with zero attached hydrogens (tertiary/aromatic N) is 2. The van der Waals surface area contributed by atoms with Gasteiger partial charge in [-0.1, -0.05) is 6.92 Å². The summed E-state index contributed by atoms with van der Waals surface area (Å²) in [5.74, 6) is 0.124. The molecular formula is C12H19N3O2. The molecule has 1 N–H and O–H groups in total. The number of esters is 1. The number of aromatic nitrogens is 2. The lowest BCUT2D eigenvalue weighted by atomic mass is 10.2. The van der Waals surface area contributed by atoms with Gasteiger partial charge in [-0.05, 0) is 27.2 Å². The van der Waals surface area contributed by atoms with Crippen LogP contribution in [0.25, 0.3) is 0 Å². The third-order valence-electron chi connectivity index (χ3n) is 1.82. The molecule has 1 heterocycles. The van der Waals surface area contributed by atoms with Crippen molar-refractivity contribution in [1.29, 1.82) is 0 Å². The largest absolute Gasteiger partial charge is 0.456 e. The van der Waals surface area contributed by atoms with Crippen molar-refractivity contribution >= 4 is 11.9 Å². The summed E-state index contributed by atoms with van der Waals surface area (Å²) in [4.78, 5) is 19.8. The lowest BCUT2D eigenvalue weighted by molar-refractivity contribution is 0.00687. The first kappa shape index (κ1) is 13.4. The van der Waals surface area contributed by atoms with Crippen LogP contribution in [0.3, 0.4) is 0 Å². The molecule has 0 aromatic carbocycles. The fraction of sp³-hybridized carbons (Fsp3) is 0.583. The van der Waals surface area contributed by atoms with Crippen molar-refractivity contribution in [2.45, 2.75) is 39.7 Å². The average Bonchev–Trinajstić information content (AvgIpc) is 2.24. The highest BCUT2D eigenvalue weighted by Crippen LogP contribution is 2.11. The van der Waals surface area contributed by atoms with Gasteiger partial charge in [-0.2, -0.15) is 0 Å². The number of rotatable bonds is 4. The van der Waals surface area contributed by atoms with Crippen LogP contribution in [0.15, 0.2) is 12.4 Å². The summed E-state index contributed by atoms with van der Waals surface area (Å²) in [7, 11) is 0. The molecule has 0 aliphatic heterocycles. The number of hydrogen-bond acceptors (Lipinski definition) is 5. The Kier molecular flexibility index (Phi) is 4.43. The molecule has 0 bridgehead atoms. The Morgan fingerprint density at radius 2 is 1.94 bits per heavy atom. The van der Waals surface area contributed by atoms with E-state index in [-0.39, 0.29) is 0 Å². The van der Waals surface area contributed by atoms with E-state index in [1.54, 1.807) is 0 Å². The van der Waals surface area contributed by atoms with Gasteiger partial charge in [0.2, 0.25) is 5.95 Å². The van der Waals surface area contributed by atoms with Crippen LogP contribution >= 0.6 is 0 Å². The Balaban J connectivity index is 2.64. The van der Waals surface area contributed by atoms with Gasteiger partial charge < -0.3 is 10.1 Å². The standard InChI is InChI=1S/C12H19N3O2/c1-5-6-13-11-14-7-9(8-15-11)10(16)17-12(2,3)4/h7-8H,5-6H2,1-4H3,(H,13,14,15). The predicted octanol–water partition coefficient (Wildman–Crippen LogP) is 2.25. The molecular weight excluding hydrogens is 218 g/mol. The maximum absolute atomic E-state index is 11.7. The summed E-state index contributed by atoms with van der Waals surface area (Å²) in [6.45, 7) is 8.34. The molecule has 0 saturated heterocycles. The molecule has 0 fully saturated rings. The third-order valence-corrected chi connectivity index (χ3v) is 1.82. The molecule has 94 valence electrons. The molecule has 0 unspecified atom stereocenters. The molecule has 0 spiro atoms. The Bertz CT molecular complexity index is 368. The molecule has 0 saturated carbocycles. The van der Waals surface area contributed by atoms with E-state index in [0.29, 0.717) is 11.5 Å². The van der Waals surface area contributed by atoms with E-state index in [2.05, 4.69) is 22.2 Å². The van der Waals surface area contributed by atoms with E-state index in [9.17, 15) is 4.79 Å². The first-order valence-corrected chi connectivity index (χ1v) is 5.71. The fourth-order valence-electron chi connectivity index (χ4n) is 1.10. The van der Waals surface area contributed by atoms with Crippen LogP contribution in [-0.2, 0) is 4.74 Å². The third kappa shape index (κ3) is 4.80. The zero-order valence-electron chi connectivity index (χ0n) is 10.8. The van der Waals surface area contributed by atoms with Gasteiger partial charge >= 0.3 is 5.97 Å². The quantitative estimate of drug-likeness (QED) is 0.814. The smallest absolute Gasteiger partial charge is 0.341 e. The van der Waals surface area contributed by atoms with Crippen LogP contribution < -0.4 is 5.32 Å². The second-order valence-corrected chi connectivity index (χ2v) is 4.72. The van der Waals surface area contributed by atoms with Gasteiger partial charge in [0.05, 0.1) is 5.56 Å². The molecule has 1 aromatic heterocycles. The molecule has 5 nitrogen and oxygen atoms in total. The van der Waals surface area contributed by atoms with Crippen LogP contribution in [0.5, 0.6) is 0 Å². The van der Waals surface area contributed by atoms with E-state index in [1.807, 2.05) is 20.8 Å². The molecule has 5 heteroatoms. The SMILES string of the molecule is CCCNc1ncc(C(=O)OC(C)(C)C)cn1. The molecule has 0 aliphatic carbocycles.